The lowest BCUT2D eigenvalue weighted by atomic mass is 9.66. The van der Waals surface area contributed by atoms with E-state index in [9.17, 15) is 0 Å². The summed E-state index contributed by atoms with van der Waals surface area (Å²) in [4.78, 5) is 7.76. The third-order valence-electron chi connectivity index (χ3n) is 11.2. The summed E-state index contributed by atoms with van der Waals surface area (Å²) in [7, 11) is 2.17. The fraction of sp³-hybridized carbons (Fsp3) is 0.104. The molecule has 52 heavy (non-hydrogen) atoms. The molecule has 2 heterocycles. The number of nitrogens with zero attached hydrogens (tertiary/aromatic N) is 2. The Bertz CT molecular complexity index is 2490. The summed E-state index contributed by atoms with van der Waals surface area (Å²) in [6.45, 7) is 0. The molecule has 0 saturated carbocycles. The summed E-state index contributed by atoms with van der Waals surface area (Å²) in [6.07, 6.45) is 11.0. The number of hydrogen-bond acceptors (Lipinski definition) is 4. The van der Waals surface area contributed by atoms with Gasteiger partial charge in [-0.3, -0.25) is 0 Å². The van der Waals surface area contributed by atoms with Gasteiger partial charge in [-0.25, -0.2) is 4.99 Å². The maximum Gasteiger partial charge on any atom is 0.137 e. The van der Waals surface area contributed by atoms with Gasteiger partial charge in [-0.1, -0.05) is 121 Å². The summed E-state index contributed by atoms with van der Waals surface area (Å²) in [5.74, 6) is 2.73. The average molecular weight is 672 g/mol. The molecule has 0 bridgehead atoms. The van der Waals surface area contributed by atoms with Crippen LogP contribution in [0.5, 0.6) is 11.5 Å². The standard InChI is InChI=1S/C48H37N3O/c1-51-44(32-15-6-3-7-16-32)30-43(31-13-4-2-5-14-31)50-47(51)35-24-26-40-38(29-35)37-28-34(33-17-12-18-36(49)27-33)23-25-39(37)48(40)41-19-8-10-21-45(41)52-46-22-11-9-20-42(46)48/h2-4,6-13,15-30,44H,5,14,49H2,1H3. The molecule has 1 unspecified atom stereocenters. The van der Waals surface area contributed by atoms with Crippen LogP contribution < -0.4 is 10.5 Å². The minimum absolute atomic E-state index is 0.0479. The van der Waals surface area contributed by atoms with E-state index in [4.69, 9.17) is 15.5 Å². The lowest BCUT2D eigenvalue weighted by Crippen LogP contribution is -2.34. The number of benzene rings is 6. The first kappa shape index (κ1) is 30.4. The van der Waals surface area contributed by atoms with Crippen molar-refractivity contribution < 1.29 is 4.74 Å². The van der Waals surface area contributed by atoms with E-state index in [2.05, 4.69) is 164 Å². The molecule has 250 valence electrons. The van der Waals surface area contributed by atoms with Gasteiger partial charge in [0, 0.05) is 29.4 Å². The first-order valence-electron chi connectivity index (χ1n) is 18.1. The maximum atomic E-state index is 6.60. The van der Waals surface area contributed by atoms with E-state index >= 15 is 0 Å². The molecule has 0 radical (unpaired) electrons. The van der Waals surface area contributed by atoms with Crippen LogP contribution in [0.4, 0.5) is 5.69 Å². The number of fused-ring (bicyclic) bond motifs is 9. The molecule has 4 nitrogen and oxygen atoms in total. The van der Waals surface area contributed by atoms with Crippen molar-refractivity contribution in [1.82, 2.24) is 4.90 Å². The molecule has 4 aliphatic rings. The quantitative estimate of drug-likeness (QED) is 0.190. The van der Waals surface area contributed by atoms with Crippen molar-refractivity contribution in [3.63, 3.8) is 0 Å². The number of para-hydroxylation sites is 2. The molecule has 6 aromatic rings. The van der Waals surface area contributed by atoms with Crippen LogP contribution in [0.25, 0.3) is 22.3 Å². The van der Waals surface area contributed by atoms with Crippen LogP contribution in [-0.2, 0) is 5.41 Å². The molecule has 2 N–H and O–H groups in total. The largest absolute Gasteiger partial charge is 0.457 e. The lowest BCUT2D eigenvalue weighted by molar-refractivity contribution is 0.430. The van der Waals surface area contributed by atoms with Crippen LogP contribution in [0.15, 0.2) is 180 Å². The highest BCUT2D eigenvalue weighted by molar-refractivity contribution is 6.03. The molecule has 0 amide bonds. The second kappa shape index (κ2) is 11.9. The monoisotopic (exact) mass is 671 g/mol. The molecule has 0 saturated heterocycles. The number of anilines is 1. The Morgan fingerprint density at radius 3 is 2.02 bits per heavy atom. The zero-order valence-electron chi connectivity index (χ0n) is 29.0. The highest BCUT2D eigenvalue weighted by Crippen LogP contribution is 2.62. The molecule has 2 aliphatic heterocycles. The molecule has 1 atom stereocenters. The number of allylic oxidation sites excluding steroid dienone is 4. The van der Waals surface area contributed by atoms with Crippen molar-refractivity contribution in [3.05, 3.63) is 208 Å². The van der Waals surface area contributed by atoms with E-state index in [1.165, 1.54) is 33.4 Å². The van der Waals surface area contributed by atoms with Crippen molar-refractivity contribution in [2.75, 3.05) is 12.8 Å². The third kappa shape index (κ3) is 4.57. The summed E-state index contributed by atoms with van der Waals surface area (Å²) in [5, 5.41) is 0. The number of nitrogens with two attached hydrogens (primary N) is 1. The Kier molecular flexibility index (Phi) is 6.94. The van der Waals surface area contributed by atoms with Gasteiger partial charge in [0.25, 0.3) is 0 Å². The summed E-state index contributed by atoms with van der Waals surface area (Å²) >= 11 is 0. The molecular weight excluding hydrogens is 635 g/mol. The van der Waals surface area contributed by atoms with Crippen LogP contribution >= 0.6 is 0 Å². The van der Waals surface area contributed by atoms with Gasteiger partial charge in [-0.05, 0) is 99.8 Å². The fourth-order valence-electron chi connectivity index (χ4n) is 8.80. The third-order valence-corrected chi connectivity index (χ3v) is 11.2. The highest BCUT2D eigenvalue weighted by atomic mass is 16.5. The SMILES string of the molecule is CN1C(c2ccc3c(c2)-c2cc(-c4cccc(N)c4)ccc2C32c3ccccc3Oc3ccccc32)=NC(C2=CC=CCC2)=CC1c1ccccc1. The van der Waals surface area contributed by atoms with E-state index < -0.39 is 5.41 Å². The number of hydrogen-bond donors (Lipinski definition) is 1. The van der Waals surface area contributed by atoms with Crippen LogP contribution in [0, 0.1) is 0 Å². The topological polar surface area (TPSA) is 50.8 Å². The van der Waals surface area contributed by atoms with Crippen molar-refractivity contribution in [2.45, 2.75) is 24.3 Å². The second-order valence-electron chi connectivity index (χ2n) is 14.1. The molecular formula is C48H37N3O. The predicted octanol–water partition coefficient (Wildman–Crippen LogP) is 11.0. The molecule has 0 aromatic heterocycles. The van der Waals surface area contributed by atoms with Gasteiger partial charge in [-0.2, -0.15) is 0 Å². The maximum absolute atomic E-state index is 6.60. The normalized spacial score (nSPS) is 17.6. The van der Waals surface area contributed by atoms with Gasteiger partial charge in [0.15, 0.2) is 0 Å². The fourth-order valence-corrected chi connectivity index (χ4v) is 8.80. The van der Waals surface area contributed by atoms with Crippen molar-refractivity contribution in [2.24, 2.45) is 4.99 Å². The van der Waals surface area contributed by atoms with Gasteiger partial charge in [0.05, 0.1) is 17.2 Å². The predicted molar refractivity (Wildman–Crippen MR) is 212 cm³/mol. The van der Waals surface area contributed by atoms with Crippen LogP contribution in [-0.4, -0.2) is 17.8 Å². The number of aliphatic imine (C=N–C) groups is 1. The Morgan fingerprint density at radius 2 is 1.33 bits per heavy atom. The van der Waals surface area contributed by atoms with Crippen LogP contribution in [0.1, 0.15) is 52.3 Å². The van der Waals surface area contributed by atoms with Gasteiger partial charge in [0.1, 0.15) is 17.3 Å². The van der Waals surface area contributed by atoms with Gasteiger partial charge >= 0.3 is 0 Å². The van der Waals surface area contributed by atoms with E-state index in [0.717, 1.165) is 69.4 Å². The number of ether oxygens (including phenoxy) is 1. The first-order chi connectivity index (χ1) is 25.6. The van der Waals surface area contributed by atoms with E-state index in [-0.39, 0.29) is 6.04 Å². The minimum Gasteiger partial charge on any atom is -0.457 e. The Hall–Kier alpha value is -6.39. The van der Waals surface area contributed by atoms with Crippen molar-refractivity contribution in [3.8, 4) is 33.8 Å². The van der Waals surface area contributed by atoms with E-state index in [1.807, 2.05) is 12.1 Å². The average Bonchev–Trinajstić information content (AvgIpc) is 3.48. The zero-order valence-corrected chi connectivity index (χ0v) is 29.0. The molecule has 10 rings (SSSR count). The highest BCUT2D eigenvalue weighted by Gasteiger charge is 2.51. The summed E-state index contributed by atoms with van der Waals surface area (Å²) in [5.41, 5.74) is 20.6. The first-order valence-corrected chi connectivity index (χ1v) is 18.1. The summed E-state index contributed by atoms with van der Waals surface area (Å²) in [6, 6.07) is 49.9. The van der Waals surface area contributed by atoms with Gasteiger partial charge in [0.2, 0.25) is 0 Å². The number of likely N-dealkylation sites (N-methyl/N-ethyl adjacent to an activating group) is 1. The lowest BCUT2D eigenvalue weighted by Gasteiger charge is -2.39. The number of rotatable bonds is 4. The zero-order chi connectivity index (χ0) is 34.8. The van der Waals surface area contributed by atoms with E-state index in [1.54, 1.807) is 0 Å². The molecule has 1 spiro atoms. The smallest absolute Gasteiger partial charge is 0.137 e. The van der Waals surface area contributed by atoms with Crippen LogP contribution in [0.2, 0.25) is 0 Å². The summed E-state index contributed by atoms with van der Waals surface area (Å²) < 4.78 is 6.60. The van der Waals surface area contributed by atoms with Crippen LogP contribution in [0.3, 0.4) is 0 Å². The molecule has 4 heteroatoms. The Labute approximate surface area is 304 Å². The van der Waals surface area contributed by atoms with Crippen molar-refractivity contribution in [1.29, 1.82) is 0 Å². The number of amidine groups is 1. The molecule has 2 aliphatic carbocycles. The number of nitrogen functional groups attached to an aromatic ring is 1. The van der Waals surface area contributed by atoms with E-state index in [0.29, 0.717) is 0 Å². The Balaban J connectivity index is 1.22. The second-order valence-corrected chi connectivity index (χ2v) is 14.1. The molecule has 0 fully saturated rings. The minimum atomic E-state index is -0.556. The molecule has 6 aromatic carbocycles. The Morgan fingerprint density at radius 1 is 0.673 bits per heavy atom. The van der Waals surface area contributed by atoms with Crippen molar-refractivity contribution >= 4 is 11.5 Å². The van der Waals surface area contributed by atoms with Gasteiger partial charge < -0.3 is 15.4 Å². The van der Waals surface area contributed by atoms with Gasteiger partial charge in [-0.15, -0.1) is 0 Å².